The van der Waals surface area contributed by atoms with E-state index >= 15 is 0 Å². The molecule has 1 heterocycles. The van der Waals surface area contributed by atoms with Crippen molar-refractivity contribution in [2.75, 3.05) is 0 Å². The van der Waals surface area contributed by atoms with Gasteiger partial charge in [-0.3, -0.25) is 0 Å². The second-order valence-corrected chi connectivity index (χ2v) is 4.45. The number of carboxylic acid groups (broad SMARTS) is 1. The molecular weight excluding hydrogens is 262 g/mol. The molecule has 94 valence electrons. The first kappa shape index (κ1) is 12.6. The Morgan fingerprint density at radius 1 is 1.28 bits per heavy atom. The zero-order chi connectivity index (χ0) is 13.1. The van der Waals surface area contributed by atoms with E-state index in [1.807, 2.05) is 0 Å². The summed E-state index contributed by atoms with van der Waals surface area (Å²) < 4.78 is 31.0. The highest BCUT2D eigenvalue weighted by Gasteiger charge is 2.10. The van der Waals surface area contributed by atoms with Crippen LogP contribution in [0.3, 0.4) is 0 Å². The van der Waals surface area contributed by atoms with Crippen molar-refractivity contribution in [3.8, 4) is 0 Å². The fourth-order valence-corrected chi connectivity index (χ4v) is 2.13. The van der Waals surface area contributed by atoms with Crippen LogP contribution in [0, 0.1) is 11.6 Å². The van der Waals surface area contributed by atoms with Crippen LogP contribution in [-0.2, 0) is 5.75 Å². The van der Waals surface area contributed by atoms with Crippen molar-refractivity contribution in [2.45, 2.75) is 10.6 Å². The molecule has 1 aromatic carbocycles. The van der Waals surface area contributed by atoms with E-state index in [0.29, 0.717) is 5.76 Å². The van der Waals surface area contributed by atoms with Gasteiger partial charge in [-0.15, -0.1) is 11.8 Å². The third-order valence-corrected chi connectivity index (χ3v) is 3.21. The number of rotatable bonds is 4. The summed E-state index contributed by atoms with van der Waals surface area (Å²) in [5.41, 5.74) is 0. The molecule has 2 aromatic rings. The lowest BCUT2D eigenvalue weighted by atomic mass is 10.3. The molecule has 0 atom stereocenters. The molecule has 3 nitrogen and oxygen atoms in total. The average molecular weight is 270 g/mol. The standard InChI is InChI=1S/C12H8F2O3S/c13-7-1-4-11(9(14)5-7)18-6-8-2-3-10(17-8)12(15)16/h1-5H,6H2,(H,15,16). The Hall–Kier alpha value is -1.82. The third-order valence-electron chi connectivity index (χ3n) is 2.14. The van der Waals surface area contributed by atoms with Crippen molar-refractivity contribution >= 4 is 17.7 Å². The molecule has 0 saturated carbocycles. The SMILES string of the molecule is O=C(O)c1ccc(CSc2ccc(F)cc2F)o1. The molecular formula is C12H8F2O3S. The van der Waals surface area contributed by atoms with Crippen molar-refractivity contribution in [1.82, 2.24) is 0 Å². The predicted molar refractivity (Wildman–Crippen MR) is 61.6 cm³/mol. The lowest BCUT2D eigenvalue weighted by Crippen LogP contribution is -1.91. The van der Waals surface area contributed by atoms with Gasteiger partial charge in [0.05, 0.1) is 5.75 Å². The fraction of sp³-hybridized carbons (Fsp3) is 0.0833. The molecule has 0 aliphatic heterocycles. The minimum absolute atomic E-state index is 0.162. The largest absolute Gasteiger partial charge is 0.475 e. The number of furan rings is 1. The first-order valence-corrected chi connectivity index (χ1v) is 5.94. The first-order chi connectivity index (χ1) is 8.56. The molecule has 6 heteroatoms. The Labute approximate surface area is 105 Å². The van der Waals surface area contributed by atoms with Gasteiger partial charge < -0.3 is 9.52 Å². The molecule has 0 aliphatic rings. The van der Waals surface area contributed by atoms with Gasteiger partial charge in [0.2, 0.25) is 5.76 Å². The summed E-state index contributed by atoms with van der Waals surface area (Å²) in [5.74, 6) is -1.91. The lowest BCUT2D eigenvalue weighted by Gasteiger charge is -2.01. The van der Waals surface area contributed by atoms with Crippen molar-refractivity contribution in [1.29, 1.82) is 0 Å². The van der Waals surface area contributed by atoms with E-state index in [9.17, 15) is 13.6 Å². The zero-order valence-electron chi connectivity index (χ0n) is 9.02. The average Bonchev–Trinajstić information content (AvgIpc) is 2.76. The van der Waals surface area contributed by atoms with E-state index in [2.05, 4.69) is 0 Å². The number of carboxylic acids is 1. The van der Waals surface area contributed by atoms with Crippen molar-refractivity contribution in [3.05, 3.63) is 53.5 Å². The highest BCUT2D eigenvalue weighted by atomic mass is 32.2. The van der Waals surface area contributed by atoms with Gasteiger partial charge in [0.1, 0.15) is 17.4 Å². The lowest BCUT2D eigenvalue weighted by molar-refractivity contribution is 0.0661. The van der Waals surface area contributed by atoms with Crippen LogP contribution in [0.4, 0.5) is 8.78 Å². The van der Waals surface area contributed by atoms with E-state index in [0.717, 1.165) is 23.9 Å². The van der Waals surface area contributed by atoms with Crippen molar-refractivity contribution < 1.29 is 23.1 Å². The van der Waals surface area contributed by atoms with Crippen LogP contribution in [0.5, 0.6) is 0 Å². The van der Waals surface area contributed by atoms with E-state index < -0.39 is 17.6 Å². The number of benzene rings is 1. The number of carbonyl (C=O) groups is 1. The van der Waals surface area contributed by atoms with Gasteiger partial charge in [0, 0.05) is 11.0 Å². The normalized spacial score (nSPS) is 10.6. The second-order valence-electron chi connectivity index (χ2n) is 3.43. The molecule has 0 bridgehead atoms. The second kappa shape index (κ2) is 5.22. The summed E-state index contributed by atoms with van der Waals surface area (Å²) >= 11 is 1.11. The molecule has 1 aromatic heterocycles. The molecule has 1 N–H and O–H groups in total. The Kier molecular flexibility index (Phi) is 3.66. The Morgan fingerprint density at radius 3 is 2.67 bits per heavy atom. The van der Waals surface area contributed by atoms with Crippen LogP contribution in [0.2, 0.25) is 0 Å². The van der Waals surface area contributed by atoms with Crippen LogP contribution >= 0.6 is 11.8 Å². The Morgan fingerprint density at radius 2 is 2.06 bits per heavy atom. The number of hydrogen-bond acceptors (Lipinski definition) is 3. The van der Waals surface area contributed by atoms with E-state index in [4.69, 9.17) is 9.52 Å². The molecule has 0 aliphatic carbocycles. The Bertz CT molecular complexity index is 580. The van der Waals surface area contributed by atoms with Crippen LogP contribution < -0.4 is 0 Å². The van der Waals surface area contributed by atoms with Crippen LogP contribution in [0.25, 0.3) is 0 Å². The molecule has 0 fully saturated rings. The zero-order valence-corrected chi connectivity index (χ0v) is 9.84. The summed E-state index contributed by atoms with van der Waals surface area (Å²) in [6.07, 6.45) is 0. The third kappa shape index (κ3) is 2.89. The molecule has 0 saturated heterocycles. The smallest absolute Gasteiger partial charge is 0.371 e. The van der Waals surface area contributed by atoms with Crippen molar-refractivity contribution in [2.24, 2.45) is 0 Å². The van der Waals surface area contributed by atoms with Gasteiger partial charge in [0.25, 0.3) is 0 Å². The highest BCUT2D eigenvalue weighted by Crippen LogP contribution is 2.26. The van der Waals surface area contributed by atoms with Crippen LogP contribution in [-0.4, -0.2) is 11.1 Å². The molecule has 0 spiro atoms. The summed E-state index contributed by atoms with van der Waals surface area (Å²) in [6, 6.07) is 6.14. The number of hydrogen-bond donors (Lipinski definition) is 1. The molecule has 0 unspecified atom stereocenters. The maximum Gasteiger partial charge on any atom is 0.371 e. The van der Waals surface area contributed by atoms with Crippen molar-refractivity contribution in [3.63, 3.8) is 0 Å². The topological polar surface area (TPSA) is 50.4 Å². The van der Waals surface area contributed by atoms with Gasteiger partial charge in [-0.2, -0.15) is 0 Å². The fourth-order valence-electron chi connectivity index (χ4n) is 1.31. The summed E-state index contributed by atoms with van der Waals surface area (Å²) in [4.78, 5) is 10.9. The van der Waals surface area contributed by atoms with E-state index in [-0.39, 0.29) is 16.4 Å². The van der Waals surface area contributed by atoms with E-state index in [1.54, 1.807) is 0 Å². The van der Waals surface area contributed by atoms with Gasteiger partial charge >= 0.3 is 5.97 Å². The number of halogens is 2. The molecule has 18 heavy (non-hydrogen) atoms. The minimum Gasteiger partial charge on any atom is -0.475 e. The monoisotopic (exact) mass is 270 g/mol. The first-order valence-electron chi connectivity index (χ1n) is 4.96. The van der Waals surface area contributed by atoms with E-state index in [1.165, 1.54) is 18.2 Å². The quantitative estimate of drug-likeness (QED) is 0.863. The maximum atomic E-state index is 13.3. The Balaban J connectivity index is 2.04. The molecule has 0 amide bonds. The van der Waals surface area contributed by atoms with Gasteiger partial charge in [-0.25, -0.2) is 13.6 Å². The van der Waals surface area contributed by atoms with Gasteiger partial charge in [-0.1, -0.05) is 0 Å². The minimum atomic E-state index is -1.15. The number of aromatic carboxylic acids is 1. The van der Waals surface area contributed by atoms with Crippen LogP contribution in [0.15, 0.2) is 39.6 Å². The summed E-state index contributed by atoms with van der Waals surface area (Å²) in [5, 5.41) is 8.66. The van der Waals surface area contributed by atoms with Gasteiger partial charge in [-0.05, 0) is 24.3 Å². The molecule has 0 radical (unpaired) electrons. The van der Waals surface area contributed by atoms with Gasteiger partial charge in [0.15, 0.2) is 0 Å². The molecule has 2 rings (SSSR count). The summed E-state index contributed by atoms with van der Waals surface area (Å²) in [6.45, 7) is 0. The van der Waals surface area contributed by atoms with Crippen LogP contribution in [0.1, 0.15) is 16.3 Å². The predicted octanol–water partition coefficient (Wildman–Crippen LogP) is 3.55. The number of thioether (sulfide) groups is 1. The summed E-state index contributed by atoms with van der Waals surface area (Å²) in [7, 11) is 0. The maximum absolute atomic E-state index is 13.3. The highest BCUT2D eigenvalue weighted by molar-refractivity contribution is 7.98.